The van der Waals surface area contributed by atoms with Gasteiger partial charge in [0, 0.05) is 29.7 Å². The van der Waals surface area contributed by atoms with Gasteiger partial charge in [0.1, 0.15) is 0 Å². The highest BCUT2D eigenvalue weighted by Crippen LogP contribution is 2.13. The van der Waals surface area contributed by atoms with Gasteiger partial charge in [-0.05, 0) is 44.0 Å². The Hall–Kier alpha value is -1.32. The number of rotatable bonds is 5. The fourth-order valence-corrected chi connectivity index (χ4v) is 2.29. The molecule has 1 heterocycles. The number of hydrogen-bond donors (Lipinski definition) is 1. The second kappa shape index (κ2) is 6.22. The van der Waals surface area contributed by atoms with Crippen LogP contribution in [0.15, 0.2) is 36.5 Å². The van der Waals surface area contributed by atoms with Crippen LogP contribution in [0.1, 0.15) is 31.1 Å². The lowest BCUT2D eigenvalue weighted by molar-refractivity contribution is 0.521. The van der Waals surface area contributed by atoms with E-state index in [2.05, 4.69) is 25.0 Å². The van der Waals surface area contributed by atoms with Crippen LogP contribution in [0.25, 0.3) is 0 Å². The second-order valence-corrected chi connectivity index (χ2v) is 5.62. The summed E-state index contributed by atoms with van der Waals surface area (Å²) in [7, 11) is 0. The first-order chi connectivity index (χ1) is 9.04. The van der Waals surface area contributed by atoms with E-state index < -0.39 is 0 Å². The monoisotopic (exact) mass is 277 g/mol. The molecule has 0 radical (unpaired) electrons. The summed E-state index contributed by atoms with van der Waals surface area (Å²) in [6, 6.07) is 10.3. The summed E-state index contributed by atoms with van der Waals surface area (Å²) in [4.78, 5) is 0. The summed E-state index contributed by atoms with van der Waals surface area (Å²) >= 11 is 5.97. The summed E-state index contributed by atoms with van der Waals surface area (Å²) in [6.45, 7) is 4.23. The van der Waals surface area contributed by atoms with Gasteiger partial charge in [-0.1, -0.05) is 23.7 Å². The molecule has 0 saturated heterocycles. The zero-order valence-electron chi connectivity index (χ0n) is 11.4. The predicted octanol–water partition coefficient (Wildman–Crippen LogP) is 3.23. The van der Waals surface area contributed by atoms with E-state index in [0.29, 0.717) is 6.04 Å². The number of hydrogen-bond acceptors (Lipinski definition) is 2. The molecule has 0 bridgehead atoms. The zero-order valence-corrected chi connectivity index (χ0v) is 12.1. The van der Waals surface area contributed by atoms with Crippen molar-refractivity contribution >= 4 is 11.6 Å². The van der Waals surface area contributed by atoms with Crippen molar-refractivity contribution in [1.82, 2.24) is 9.78 Å². The van der Waals surface area contributed by atoms with E-state index in [4.69, 9.17) is 17.3 Å². The molecule has 1 aromatic carbocycles. The van der Waals surface area contributed by atoms with Crippen LogP contribution in [0.4, 0.5) is 0 Å². The molecule has 4 heteroatoms. The molecule has 0 saturated carbocycles. The fourth-order valence-electron chi connectivity index (χ4n) is 2.08. The average Bonchev–Trinajstić information content (AvgIpc) is 2.77. The molecule has 0 aliphatic rings. The Balaban J connectivity index is 1.95. The second-order valence-electron chi connectivity index (χ2n) is 5.18. The van der Waals surface area contributed by atoms with Crippen LogP contribution >= 0.6 is 11.6 Å². The summed E-state index contributed by atoms with van der Waals surface area (Å²) in [5, 5.41) is 5.28. The van der Waals surface area contributed by atoms with Crippen molar-refractivity contribution in [1.29, 1.82) is 0 Å². The Morgan fingerprint density at radius 3 is 2.68 bits per heavy atom. The minimum Gasteiger partial charge on any atom is -0.327 e. The largest absolute Gasteiger partial charge is 0.327 e. The Morgan fingerprint density at radius 2 is 2.05 bits per heavy atom. The first-order valence-electron chi connectivity index (χ1n) is 6.58. The molecule has 0 fully saturated rings. The minimum atomic E-state index is 0.0639. The fraction of sp³-hybridized carbons (Fsp3) is 0.400. The molecule has 3 nitrogen and oxygen atoms in total. The van der Waals surface area contributed by atoms with Crippen molar-refractivity contribution in [2.75, 3.05) is 0 Å². The highest BCUT2D eigenvalue weighted by molar-refractivity contribution is 6.30. The van der Waals surface area contributed by atoms with Crippen molar-refractivity contribution < 1.29 is 0 Å². The number of nitrogens with zero attached hydrogens (tertiary/aromatic N) is 2. The van der Waals surface area contributed by atoms with E-state index in [1.807, 2.05) is 35.1 Å². The standard InChI is InChI=1S/C15H20ClN3/c1-11(2)19-7-6-15(18-19)10-14(17)9-12-4-3-5-13(16)8-12/h3-8,11,14H,9-10,17H2,1-2H3. The van der Waals surface area contributed by atoms with Crippen LogP contribution in [0.5, 0.6) is 0 Å². The molecule has 1 unspecified atom stereocenters. The van der Waals surface area contributed by atoms with Gasteiger partial charge in [0.05, 0.1) is 5.69 Å². The molecule has 0 aliphatic heterocycles. The molecule has 1 aromatic heterocycles. The predicted molar refractivity (Wildman–Crippen MR) is 79.4 cm³/mol. The highest BCUT2D eigenvalue weighted by atomic mass is 35.5. The quantitative estimate of drug-likeness (QED) is 0.912. The van der Waals surface area contributed by atoms with Crippen LogP contribution in [0.2, 0.25) is 5.02 Å². The molecule has 102 valence electrons. The number of halogens is 1. The summed E-state index contributed by atoms with van der Waals surface area (Å²) < 4.78 is 1.96. The Bertz CT molecular complexity index is 534. The van der Waals surface area contributed by atoms with Crippen molar-refractivity contribution in [3.05, 3.63) is 52.8 Å². The van der Waals surface area contributed by atoms with Crippen LogP contribution in [0, 0.1) is 0 Å². The van der Waals surface area contributed by atoms with E-state index in [1.54, 1.807) is 0 Å². The smallest absolute Gasteiger partial charge is 0.0640 e. The van der Waals surface area contributed by atoms with Gasteiger partial charge in [0.15, 0.2) is 0 Å². The third-order valence-electron chi connectivity index (χ3n) is 3.05. The molecule has 2 aromatic rings. The van der Waals surface area contributed by atoms with Gasteiger partial charge in [-0.3, -0.25) is 4.68 Å². The van der Waals surface area contributed by atoms with Crippen molar-refractivity contribution in [3.63, 3.8) is 0 Å². The minimum absolute atomic E-state index is 0.0639. The molecule has 0 aliphatic carbocycles. The summed E-state index contributed by atoms with van der Waals surface area (Å²) in [6.07, 6.45) is 3.60. The Morgan fingerprint density at radius 1 is 1.26 bits per heavy atom. The van der Waals surface area contributed by atoms with E-state index in [9.17, 15) is 0 Å². The van der Waals surface area contributed by atoms with Crippen LogP contribution in [0.3, 0.4) is 0 Å². The van der Waals surface area contributed by atoms with Crippen LogP contribution in [-0.2, 0) is 12.8 Å². The van der Waals surface area contributed by atoms with Gasteiger partial charge >= 0.3 is 0 Å². The summed E-state index contributed by atoms with van der Waals surface area (Å²) in [5.74, 6) is 0. The molecule has 2 rings (SSSR count). The molecule has 1 atom stereocenters. The molecule has 2 N–H and O–H groups in total. The number of benzene rings is 1. The van der Waals surface area contributed by atoms with Crippen LogP contribution in [-0.4, -0.2) is 15.8 Å². The Kier molecular flexibility index (Phi) is 4.61. The maximum atomic E-state index is 6.18. The lowest BCUT2D eigenvalue weighted by Gasteiger charge is -2.10. The third-order valence-corrected chi connectivity index (χ3v) is 3.29. The van der Waals surface area contributed by atoms with Crippen molar-refractivity contribution in [2.24, 2.45) is 5.73 Å². The molecule has 0 spiro atoms. The van der Waals surface area contributed by atoms with Crippen molar-refractivity contribution in [3.8, 4) is 0 Å². The average molecular weight is 278 g/mol. The topological polar surface area (TPSA) is 43.8 Å². The molecular formula is C15H20ClN3. The zero-order chi connectivity index (χ0) is 13.8. The molecule has 0 amide bonds. The normalized spacial score (nSPS) is 12.9. The van der Waals surface area contributed by atoms with Crippen LogP contribution < -0.4 is 5.73 Å². The number of aromatic nitrogens is 2. The SMILES string of the molecule is CC(C)n1ccc(CC(N)Cc2cccc(Cl)c2)n1. The third kappa shape index (κ3) is 4.08. The lowest BCUT2D eigenvalue weighted by atomic mass is 10.0. The maximum Gasteiger partial charge on any atom is 0.0640 e. The maximum absolute atomic E-state index is 6.18. The first-order valence-corrected chi connectivity index (χ1v) is 6.96. The van der Waals surface area contributed by atoms with Gasteiger partial charge in [-0.25, -0.2) is 0 Å². The van der Waals surface area contributed by atoms with E-state index in [-0.39, 0.29) is 6.04 Å². The van der Waals surface area contributed by atoms with Crippen molar-refractivity contribution in [2.45, 2.75) is 38.8 Å². The molecule has 19 heavy (non-hydrogen) atoms. The summed E-state index contributed by atoms with van der Waals surface area (Å²) in [5.41, 5.74) is 8.40. The van der Waals surface area contributed by atoms with Gasteiger partial charge in [-0.15, -0.1) is 0 Å². The highest BCUT2D eigenvalue weighted by Gasteiger charge is 2.09. The molecular weight excluding hydrogens is 258 g/mol. The van der Waals surface area contributed by atoms with E-state index in [0.717, 1.165) is 23.6 Å². The lowest BCUT2D eigenvalue weighted by Crippen LogP contribution is -2.25. The van der Waals surface area contributed by atoms with Gasteiger partial charge in [0.25, 0.3) is 0 Å². The van der Waals surface area contributed by atoms with Gasteiger partial charge in [-0.2, -0.15) is 5.10 Å². The van der Waals surface area contributed by atoms with E-state index >= 15 is 0 Å². The Labute approximate surface area is 119 Å². The van der Waals surface area contributed by atoms with E-state index in [1.165, 1.54) is 5.56 Å². The van der Waals surface area contributed by atoms with Gasteiger partial charge in [0.2, 0.25) is 0 Å². The first kappa shape index (κ1) is 14.1. The number of nitrogens with two attached hydrogens (primary N) is 1. The van der Waals surface area contributed by atoms with Gasteiger partial charge < -0.3 is 5.73 Å².